The Labute approximate surface area is 126 Å². The van der Waals surface area contributed by atoms with Crippen LogP contribution < -0.4 is 11.1 Å². The first-order chi connectivity index (χ1) is 9.74. The van der Waals surface area contributed by atoms with Gasteiger partial charge < -0.3 is 15.8 Å². The number of ether oxygens (including phenoxy) is 1. The Morgan fingerprint density at radius 1 is 1.50 bits per heavy atom. The van der Waals surface area contributed by atoms with Gasteiger partial charge in [0.05, 0.1) is 12.2 Å². The minimum Gasteiger partial charge on any atom is -0.382 e. The van der Waals surface area contributed by atoms with Crippen LogP contribution in [0.3, 0.4) is 0 Å². The number of hydrogen-bond donors (Lipinski definition) is 2. The Kier molecular flexibility index (Phi) is 4.18. The molecule has 3 N–H and O–H groups in total. The quantitative estimate of drug-likeness (QED) is 0.769. The smallest absolute Gasteiger partial charge is 0.149 e. The summed E-state index contributed by atoms with van der Waals surface area (Å²) in [6.45, 7) is 4.36. The summed E-state index contributed by atoms with van der Waals surface area (Å²) in [4.78, 5) is 4.48. The molecule has 0 spiro atoms. The molecule has 0 unspecified atom stereocenters. The van der Waals surface area contributed by atoms with Crippen LogP contribution in [0.4, 0.5) is 10.8 Å². The third kappa shape index (κ3) is 3.28. The maximum atomic E-state index is 5.96. The summed E-state index contributed by atoms with van der Waals surface area (Å²) in [5.74, 6) is 1.36. The van der Waals surface area contributed by atoms with Gasteiger partial charge in [-0.25, -0.2) is 4.98 Å². The molecular weight excluding hydrogens is 292 g/mol. The molecule has 2 aromatic heterocycles. The van der Waals surface area contributed by atoms with Crippen LogP contribution in [-0.2, 0) is 4.74 Å². The van der Waals surface area contributed by atoms with Crippen LogP contribution in [-0.4, -0.2) is 29.1 Å². The Bertz CT molecular complexity index is 577. The Hall–Kier alpha value is -1.18. The lowest BCUT2D eigenvalue weighted by molar-refractivity contribution is 0.134. The van der Waals surface area contributed by atoms with Gasteiger partial charge in [0.15, 0.2) is 0 Å². The number of thiazole rings is 1. The van der Waals surface area contributed by atoms with Gasteiger partial charge in [-0.2, -0.15) is 4.37 Å². The molecule has 1 aliphatic rings. The summed E-state index contributed by atoms with van der Waals surface area (Å²) in [5, 5.41) is 7.28. The summed E-state index contributed by atoms with van der Waals surface area (Å²) >= 11 is 2.98. The van der Waals surface area contributed by atoms with E-state index in [2.05, 4.69) is 14.7 Å². The first-order valence-electron chi connectivity index (χ1n) is 6.73. The fourth-order valence-corrected chi connectivity index (χ4v) is 3.53. The van der Waals surface area contributed by atoms with E-state index in [0.29, 0.717) is 12.4 Å². The Morgan fingerprint density at radius 2 is 2.35 bits per heavy atom. The summed E-state index contributed by atoms with van der Waals surface area (Å²) in [6.07, 6.45) is 2.65. The normalized spacial score (nSPS) is 14.7. The predicted octanol–water partition coefficient (Wildman–Crippen LogP) is 3.00. The second kappa shape index (κ2) is 6.07. The predicted molar refractivity (Wildman–Crippen MR) is 84.4 cm³/mol. The average molecular weight is 310 g/mol. The van der Waals surface area contributed by atoms with Crippen molar-refractivity contribution >= 4 is 33.7 Å². The molecule has 2 aromatic rings. The average Bonchev–Trinajstić information content (AvgIpc) is 3.05. The third-order valence-electron chi connectivity index (χ3n) is 3.13. The second-order valence-electron chi connectivity index (χ2n) is 5.01. The van der Waals surface area contributed by atoms with Gasteiger partial charge in [-0.05, 0) is 37.2 Å². The van der Waals surface area contributed by atoms with Crippen LogP contribution in [0.1, 0.15) is 18.5 Å². The van der Waals surface area contributed by atoms with E-state index in [1.54, 1.807) is 11.3 Å². The molecule has 7 heteroatoms. The van der Waals surface area contributed by atoms with Gasteiger partial charge in [0.1, 0.15) is 15.8 Å². The summed E-state index contributed by atoms with van der Waals surface area (Å²) in [6, 6.07) is 0. The van der Waals surface area contributed by atoms with E-state index >= 15 is 0 Å². The van der Waals surface area contributed by atoms with Crippen LogP contribution in [0.5, 0.6) is 0 Å². The van der Waals surface area contributed by atoms with Crippen molar-refractivity contribution in [3.8, 4) is 10.6 Å². The fraction of sp³-hybridized carbons (Fsp3) is 0.538. The van der Waals surface area contributed by atoms with Gasteiger partial charge in [0.25, 0.3) is 0 Å². The maximum absolute atomic E-state index is 5.96. The highest BCUT2D eigenvalue weighted by atomic mass is 32.1. The highest BCUT2D eigenvalue weighted by molar-refractivity contribution is 7.15. The molecule has 0 aromatic carbocycles. The van der Waals surface area contributed by atoms with Crippen molar-refractivity contribution in [3.63, 3.8) is 0 Å². The number of rotatable bonds is 7. The summed E-state index contributed by atoms with van der Waals surface area (Å²) < 4.78 is 9.84. The molecule has 3 rings (SSSR count). The lowest BCUT2D eigenvalue weighted by Crippen LogP contribution is -2.10. The SMILES string of the molecule is Cc1csc(-c2c(N)nsc2NCCOCC2CC2)n1. The van der Waals surface area contributed by atoms with Crippen LogP contribution in [0.2, 0.25) is 0 Å². The third-order valence-corrected chi connectivity index (χ3v) is 4.93. The van der Waals surface area contributed by atoms with Crippen LogP contribution in [0, 0.1) is 12.8 Å². The number of nitrogens with zero attached hydrogens (tertiary/aromatic N) is 2. The molecule has 1 fully saturated rings. The first kappa shape index (κ1) is 13.8. The van der Waals surface area contributed by atoms with Crippen molar-refractivity contribution in [2.45, 2.75) is 19.8 Å². The van der Waals surface area contributed by atoms with E-state index in [-0.39, 0.29) is 0 Å². The largest absolute Gasteiger partial charge is 0.382 e. The number of hydrogen-bond acceptors (Lipinski definition) is 7. The van der Waals surface area contributed by atoms with E-state index in [4.69, 9.17) is 10.5 Å². The fourth-order valence-electron chi connectivity index (χ4n) is 1.87. The molecule has 2 heterocycles. The van der Waals surface area contributed by atoms with Crippen LogP contribution >= 0.6 is 22.9 Å². The Balaban J connectivity index is 1.58. The lowest BCUT2D eigenvalue weighted by atomic mass is 10.3. The molecule has 0 amide bonds. The molecule has 20 heavy (non-hydrogen) atoms. The number of nitrogens with one attached hydrogen (secondary N) is 1. The van der Waals surface area contributed by atoms with Gasteiger partial charge in [0, 0.05) is 24.2 Å². The van der Waals surface area contributed by atoms with Crippen molar-refractivity contribution < 1.29 is 4.74 Å². The summed E-state index contributed by atoms with van der Waals surface area (Å²) in [5.41, 5.74) is 7.89. The summed E-state index contributed by atoms with van der Waals surface area (Å²) in [7, 11) is 0. The zero-order chi connectivity index (χ0) is 13.9. The number of nitrogens with two attached hydrogens (primary N) is 1. The van der Waals surface area contributed by atoms with Crippen LogP contribution in [0.25, 0.3) is 10.6 Å². The molecule has 1 saturated carbocycles. The van der Waals surface area contributed by atoms with E-state index in [1.807, 2.05) is 12.3 Å². The first-order valence-corrected chi connectivity index (χ1v) is 8.38. The minimum atomic E-state index is 0.547. The van der Waals surface area contributed by atoms with E-state index in [1.165, 1.54) is 24.4 Å². The molecule has 0 bridgehead atoms. The maximum Gasteiger partial charge on any atom is 0.149 e. The van der Waals surface area contributed by atoms with E-state index < -0.39 is 0 Å². The topological polar surface area (TPSA) is 73.1 Å². The monoisotopic (exact) mass is 310 g/mol. The molecule has 0 aliphatic heterocycles. The van der Waals surface area contributed by atoms with Gasteiger partial charge in [0.2, 0.25) is 0 Å². The van der Waals surface area contributed by atoms with Gasteiger partial charge in [-0.3, -0.25) is 0 Å². The minimum absolute atomic E-state index is 0.547. The number of nitrogen functional groups attached to an aromatic ring is 1. The van der Waals surface area contributed by atoms with Crippen molar-refractivity contribution in [2.75, 3.05) is 30.8 Å². The van der Waals surface area contributed by atoms with Gasteiger partial charge in [-0.15, -0.1) is 11.3 Å². The molecule has 108 valence electrons. The highest BCUT2D eigenvalue weighted by Gasteiger charge is 2.21. The number of aromatic nitrogens is 2. The van der Waals surface area contributed by atoms with Crippen molar-refractivity contribution in [1.82, 2.24) is 9.36 Å². The zero-order valence-corrected chi connectivity index (χ0v) is 13.0. The molecule has 5 nitrogen and oxygen atoms in total. The van der Waals surface area contributed by atoms with Crippen molar-refractivity contribution in [3.05, 3.63) is 11.1 Å². The van der Waals surface area contributed by atoms with Crippen LogP contribution in [0.15, 0.2) is 5.38 Å². The van der Waals surface area contributed by atoms with Gasteiger partial charge in [-0.1, -0.05) is 0 Å². The molecular formula is C13H18N4OS2. The van der Waals surface area contributed by atoms with Crippen molar-refractivity contribution in [2.24, 2.45) is 5.92 Å². The Morgan fingerprint density at radius 3 is 3.05 bits per heavy atom. The van der Waals surface area contributed by atoms with Gasteiger partial charge >= 0.3 is 0 Å². The molecule has 0 atom stereocenters. The molecule has 1 aliphatic carbocycles. The van der Waals surface area contributed by atoms with Crippen molar-refractivity contribution in [1.29, 1.82) is 0 Å². The standard InChI is InChI=1S/C13H18N4OS2/c1-8-7-19-13(16-8)10-11(14)17-20-12(10)15-4-5-18-6-9-2-3-9/h7,9,15H,2-6H2,1H3,(H2,14,17). The number of aryl methyl sites for hydroxylation is 1. The molecule has 0 radical (unpaired) electrons. The highest BCUT2D eigenvalue weighted by Crippen LogP contribution is 2.38. The zero-order valence-electron chi connectivity index (χ0n) is 11.4. The molecule has 0 saturated heterocycles. The lowest BCUT2D eigenvalue weighted by Gasteiger charge is -2.06. The van der Waals surface area contributed by atoms with E-state index in [9.17, 15) is 0 Å². The second-order valence-corrected chi connectivity index (χ2v) is 6.64. The number of anilines is 2. The van der Waals surface area contributed by atoms with E-state index in [0.717, 1.165) is 40.3 Å².